The van der Waals surface area contributed by atoms with E-state index in [1.165, 1.54) is 10.9 Å². The Morgan fingerprint density at radius 1 is 1.27 bits per heavy atom. The molecule has 3 rings (SSSR count). The molecule has 0 unspecified atom stereocenters. The number of rotatable bonds is 6. The third-order valence-electron chi connectivity index (χ3n) is 3.74. The molecular formula is C16H19N3O2S. The molecule has 5 nitrogen and oxygen atoms in total. The summed E-state index contributed by atoms with van der Waals surface area (Å²) in [6, 6.07) is 10.4. The number of thioether (sulfide) groups is 1. The first-order valence-corrected chi connectivity index (χ1v) is 8.55. The third kappa shape index (κ3) is 3.44. The predicted octanol–water partition coefficient (Wildman–Crippen LogP) is 1.68. The molecule has 0 aliphatic carbocycles. The standard InChI is InChI=1S/C16H19N3O2S/c20-15(10-19-12-22-11-16(19)21)17-7-3-8-18-9-6-13-4-1-2-5-14(13)18/h1-2,4-6,9H,3,7-8,10-12H2,(H,17,20). The fraction of sp³-hybridized carbons (Fsp3) is 0.375. The van der Waals surface area contributed by atoms with Crippen LogP contribution in [0.4, 0.5) is 0 Å². The molecular weight excluding hydrogens is 298 g/mol. The van der Waals surface area contributed by atoms with Crippen molar-refractivity contribution in [1.82, 2.24) is 14.8 Å². The van der Waals surface area contributed by atoms with Crippen molar-refractivity contribution in [3.63, 3.8) is 0 Å². The Balaban J connectivity index is 1.42. The molecule has 0 spiro atoms. The van der Waals surface area contributed by atoms with Gasteiger partial charge >= 0.3 is 0 Å². The lowest BCUT2D eigenvalue weighted by Gasteiger charge is -2.14. The highest BCUT2D eigenvalue weighted by Crippen LogP contribution is 2.15. The van der Waals surface area contributed by atoms with E-state index in [-0.39, 0.29) is 18.4 Å². The summed E-state index contributed by atoms with van der Waals surface area (Å²) in [4.78, 5) is 24.8. The van der Waals surface area contributed by atoms with Crippen molar-refractivity contribution in [3.8, 4) is 0 Å². The summed E-state index contributed by atoms with van der Waals surface area (Å²) in [5, 5.41) is 4.12. The fourth-order valence-electron chi connectivity index (χ4n) is 2.58. The zero-order valence-corrected chi connectivity index (χ0v) is 13.1. The minimum absolute atomic E-state index is 0.0546. The molecule has 1 aromatic carbocycles. The van der Waals surface area contributed by atoms with Gasteiger partial charge in [0.15, 0.2) is 0 Å². The highest BCUT2D eigenvalue weighted by molar-refractivity contribution is 8.00. The summed E-state index contributed by atoms with van der Waals surface area (Å²) in [5.74, 6) is 1.10. The summed E-state index contributed by atoms with van der Waals surface area (Å²) >= 11 is 1.55. The lowest BCUT2D eigenvalue weighted by atomic mass is 10.2. The maximum atomic E-state index is 11.8. The number of nitrogens with one attached hydrogen (secondary N) is 1. The number of fused-ring (bicyclic) bond motifs is 1. The molecule has 0 saturated carbocycles. The number of aromatic nitrogens is 1. The maximum Gasteiger partial charge on any atom is 0.239 e. The van der Waals surface area contributed by atoms with Crippen LogP contribution in [0, 0.1) is 0 Å². The number of hydrogen-bond acceptors (Lipinski definition) is 3. The van der Waals surface area contributed by atoms with Crippen LogP contribution in [0.5, 0.6) is 0 Å². The molecule has 1 fully saturated rings. The average molecular weight is 317 g/mol. The van der Waals surface area contributed by atoms with Gasteiger partial charge in [-0.15, -0.1) is 11.8 Å². The van der Waals surface area contributed by atoms with E-state index in [4.69, 9.17) is 0 Å². The highest BCUT2D eigenvalue weighted by Gasteiger charge is 2.22. The van der Waals surface area contributed by atoms with Crippen molar-refractivity contribution in [2.75, 3.05) is 24.7 Å². The van der Waals surface area contributed by atoms with Crippen LogP contribution in [0.25, 0.3) is 10.9 Å². The second kappa shape index (κ2) is 6.87. The topological polar surface area (TPSA) is 54.3 Å². The van der Waals surface area contributed by atoms with Crippen molar-refractivity contribution in [2.45, 2.75) is 13.0 Å². The predicted molar refractivity (Wildman–Crippen MR) is 88.6 cm³/mol. The van der Waals surface area contributed by atoms with Crippen LogP contribution in [-0.2, 0) is 16.1 Å². The van der Waals surface area contributed by atoms with Crippen LogP contribution in [0.3, 0.4) is 0 Å². The number of amides is 2. The van der Waals surface area contributed by atoms with E-state index in [9.17, 15) is 9.59 Å². The lowest BCUT2D eigenvalue weighted by molar-refractivity contribution is -0.132. The Kier molecular flexibility index (Phi) is 4.68. The number of carbonyl (C=O) groups is 2. The number of aryl methyl sites for hydroxylation is 1. The number of para-hydroxylation sites is 1. The Hall–Kier alpha value is -1.95. The monoisotopic (exact) mass is 317 g/mol. The van der Waals surface area contributed by atoms with Gasteiger partial charge in [-0.05, 0) is 23.9 Å². The van der Waals surface area contributed by atoms with Crippen molar-refractivity contribution in [1.29, 1.82) is 0 Å². The number of nitrogens with zero attached hydrogens (tertiary/aromatic N) is 2. The summed E-state index contributed by atoms with van der Waals surface area (Å²) in [6.07, 6.45) is 2.94. The molecule has 1 aliphatic rings. The first kappa shape index (κ1) is 15.0. The van der Waals surface area contributed by atoms with Crippen molar-refractivity contribution in [3.05, 3.63) is 36.5 Å². The van der Waals surface area contributed by atoms with Gasteiger partial charge in [0, 0.05) is 24.8 Å². The molecule has 0 atom stereocenters. The molecule has 2 aromatic rings. The lowest BCUT2D eigenvalue weighted by Crippen LogP contribution is -2.38. The molecule has 1 N–H and O–H groups in total. The minimum Gasteiger partial charge on any atom is -0.354 e. The Morgan fingerprint density at radius 2 is 2.14 bits per heavy atom. The quantitative estimate of drug-likeness (QED) is 0.825. The SMILES string of the molecule is O=C(CN1CSCC1=O)NCCCn1ccc2ccccc21. The van der Waals surface area contributed by atoms with Gasteiger partial charge in [-0.25, -0.2) is 0 Å². The average Bonchev–Trinajstić information content (AvgIpc) is 3.11. The van der Waals surface area contributed by atoms with Crippen molar-refractivity contribution >= 4 is 34.5 Å². The number of hydrogen-bond donors (Lipinski definition) is 1. The molecule has 1 aromatic heterocycles. The van der Waals surface area contributed by atoms with Gasteiger partial charge in [0.25, 0.3) is 0 Å². The van der Waals surface area contributed by atoms with E-state index in [0.717, 1.165) is 13.0 Å². The van der Waals surface area contributed by atoms with E-state index in [1.807, 2.05) is 12.1 Å². The summed E-state index contributed by atoms with van der Waals surface area (Å²) < 4.78 is 2.20. The van der Waals surface area contributed by atoms with Gasteiger partial charge in [0.2, 0.25) is 11.8 Å². The van der Waals surface area contributed by atoms with Crippen molar-refractivity contribution < 1.29 is 9.59 Å². The first-order chi connectivity index (χ1) is 10.7. The number of carbonyl (C=O) groups excluding carboxylic acids is 2. The van der Waals surface area contributed by atoms with Crippen LogP contribution in [-0.4, -0.2) is 46.0 Å². The maximum absolute atomic E-state index is 11.8. The Bertz CT molecular complexity index is 683. The summed E-state index contributed by atoms with van der Waals surface area (Å²) in [6.45, 7) is 1.67. The smallest absolute Gasteiger partial charge is 0.239 e. The molecule has 0 radical (unpaired) electrons. The molecule has 1 aliphatic heterocycles. The van der Waals surface area contributed by atoms with Gasteiger partial charge < -0.3 is 14.8 Å². The van der Waals surface area contributed by atoms with Gasteiger partial charge in [0.05, 0.1) is 11.6 Å². The minimum atomic E-state index is -0.0757. The Morgan fingerprint density at radius 3 is 2.95 bits per heavy atom. The van der Waals surface area contributed by atoms with Gasteiger partial charge in [-0.3, -0.25) is 9.59 Å². The highest BCUT2D eigenvalue weighted by atomic mass is 32.2. The van der Waals surface area contributed by atoms with E-state index in [2.05, 4.69) is 34.3 Å². The third-order valence-corrected chi connectivity index (χ3v) is 4.68. The first-order valence-electron chi connectivity index (χ1n) is 7.40. The Labute approximate surface area is 133 Å². The van der Waals surface area contributed by atoms with Gasteiger partial charge in [0.1, 0.15) is 6.54 Å². The molecule has 116 valence electrons. The normalized spacial score (nSPS) is 14.7. The fourth-order valence-corrected chi connectivity index (χ4v) is 3.49. The van der Waals surface area contributed by atoms with Crippen molar-refractivity contribution in [2.24, 2.45) is 0 Å². The van der Waals surface area contributed by atoms with E-state index >= 15 is 0 Å². The summed E-state index contributed by atoms with van der Waals surface area (Å²) in [7, 11) is 0. The van der Waals surface area contributed by atoms with Gasteiger partial charge in [-0.1, -0.05) is 18.2 Å². The van der Waals surface area contributed by atoms with Crippen LogP contribution in [0.15, 0.2) is 36.5 Å². The zero-order chi connectivity index (χ0) is 15.4. The van der Waals surface area contributed by atoms with E-state index in [1.54, 1.807) is 16.7 Å². The number of benzene rings is 1. The molecule has 1 saturated heterocycles. The second-order valence-electron chi connectivity index (χ2n) is 5.34. The molecule has 2 heterocycles. The van der Waals surface area contributed by atoms with Crippen LogP contribution in [0.1, 0.15) is 6.42 Å². The second-order valence-corrected chi connectivity index (χ2v) is 6.30. The van der Waals surface area contributed by atoms with E-state index < -0.39 is 0 Å². The van der Waals surface area contributed by atoms with Crippen LogP contribution in [0.2, 0.25) is 0 Å². The largest absolute Gasteiger partial charge is 0.354 e. The van der Waals surface area contributed by atoms with Crippen LogP contribution < -0.4 is 5.32 Å². The zero-order valence-electron chi connectivity index (χ0n) is 12.3. The molecule has 0 bridgehead atoms. The van der Waals surface area contributed by atoms with E-state index in [0.29, 0.717) is 18.2 Å². The molecule has 2 amide bonds. The van der Waals surface area contributed by atoms with Gasteiger partial charge in [-0.2, -0.15) is 0 Å². The summed E-state index contributed by atoms with van der Waals surface area (Å²) in [5.41, 5.74) is 1.22. The van der Waals surface area contributed by atoms with Crippen LogP contribution >= 0.6 is 11.8 Å². The molecule has 6 heteroatoms. The molecule has 22 heavy (non-hydrogen) atoms.